The highest BCUT2D eigenvalue weighted by molar-refractivity contribution is 14.0. The predicted octanol–water partition coefficient (Wildman–Crippen LogP) is 1.00. The summed E-state index contributed by atoms with van der Waals surface area (Å²) >= 11 is 0. The van der Waals surface area contributed by atoms with E-state index in [1.54, 1.807) is 0 Å². The van der Waals surface area contributed by atoms with Crippen LogP contribution in [-0.2, 0) is 21.3 Å². The summed E-state index contributed by atoms with van der Waals surface area (Å²) in [5.41, 5.74) is 0.939. The van der Waals surface area contributed by atoms with Crippen molar-refractivity contribution >= 4 is 40.0 Å². The molecule has 2 rings (SSSR count). The molecule has 29 heavy (non-hydrogen) atoms. The molecule has 10 heteroatoms. The SMILES string of the molecule is CCNC(=NCCCN1CCOCC1)NCCS(=O)(=O)NCc1ccccc1.I. The number of ether oxygens (including phenoxy) is 1. The Balaban J connectivity index is 0.00000420. The lowest BCUT2D eigenvalue weighted by Gasteiger charge is -2.26. The van der Waals surface area contributed by atoms with E-state index < -0.39 is 10.0 Å². The predicted molar refractivity (Wildman–Crippen MR) is 128 cm³/mol. The molecule has 1 aliphatic rings. The number of guanidine groups is 1. The molecule has 0 spiro atoms. The summed E-state index contributed by atoms with van der Waals surface area (Å²) in [5.74, 6) is 0.653. The normalized spacial score (nSPS) is 15.6. The number of aliphatic imine (C=N–C) groups is 1. The van der Waals surface area contributed by atoms with E-state index >= 15 is 0 Å². The molecular formula is C19H34IN5O3S. The zero-order valence-corrected chi connectivity index (χ0v) is 20.2. The van der Waals surface area contributed by atoms with E-state index in [1.807, 2.05) is 37.3 Å². The van der Waals surface area contributed by atoms with E-state index in [0.29, 0.717) is 25.6 Å². The topological polar surface area (TPSA) is 95.1 Å². The Morgan fingerprint density at radius 2 is 1.90 bits per heavy atom. The molecule has 0 aromatic heterocycles. The van der Waals surface area contributed by atoms with Gasteiger partial charge < -0.3 is 15.4 Å². The van der Waals surface area contributed by atoms with E-state index in [-0.39, 0.29) is 29.7 Å². The van der Waals surface area contributed by atoms with Crippen molar-refractivity contribution in [3.05, 3.63) is 35.9 Å². The highest BCUT2D eigenvalue weighted by Gasteiger charge is 2.11. The minimum atomic E-state index is -3.34. The second-order valence-corrected chi connectivity index (χ2v) is 8.55. The van der Waals surface area contributed by atoms with Gasteiger partial charge in [0.15, 0.2) is 5.96 Å². The van der Waals surface area contributed by atoms with Crippen LogP contribution in [0.3, 0.4) is 0 Å². The summed E-state index contributed by atoms with van der Waals surface area (Å²) in [6, 6.07) is 9.48. The van der Waals surface area contributed by atoms with Crippen molar-refractivity contribution in [3.8, 4) is 0 Å². The molecule has 0 saturated carbocycles. The van der Waals surface area contributed by atoms with Gasteiger partial charge in [-0.05, 0) is 18.9 Å². The molecule has 1 aromatic carbocycles. The van der Waals surface area contributed by atoms with Crippen LogP contribution in [0.5, 0.6) is 0 Å². The molecule has 0 amide bonds. The van der Waals surface area contributed by atoms with Gasteiger partial charge in [-0.3, -0.25) is 9.89 Å². The fourth-order valence-corrected chi connectivity index (χ4v) is 3.72. The second kappa shape index (κ2) is 14.9. The third kappa shape index (κ3) is 11.7. The second-order valence-electron chi connectivity index (χ2n) is 6.62. The van der Waals surface area contributed by atoms with E-state index in [2.05, 4.69) is 25.2 Å². The molecule has 166 valence electrons. The molecule has 1 fully saturated rings. The summed E-state index contributed by atoms with van der Waals surface area (Å²) in [6.07, 6.45) is 0.966. The Hall–Kier alpha value is -0.950. The Morgan fingerprint density at radius 1 is 1.17 bits per heavy atom. The van der Waals surface area contributed by atoms with Crippen LogP contribution in [0.1, 0.15) is 18.9 Å². The Kier molecular flexibility index (Phi) is 13.4. The number of benzene rings is 1. The summed E-state index contributed by atoms with van der Waals surface area (Å²) < 4.78 is 32.3. The van der Waals surface area contributed by atoms with Crippen LogP contribution in [0, 0.1) is 0 Å². The molecule has 0 aliphatic carbocycles. The van der Waals surface area contributed by atoms with Gasteiger partial charge in [0.25, 0.3) is 0 Å². The fourth-order valence-electron chi connectivity index (χ4n) is 2.82. The first-order valence-electron chi connectivity index (χ1n) is 9.92. The number of halogens is 1. The number of morpholine rings is 1. The highest BCUT2D eigenvalue weighted by Crippen LogP contribution is 1.99. The number of hydrogen-bond donors (Lipinski definition) is 3. The van der Waals surface area contributed by atoms with Crippen molar-refractivity contribution in [1.29, 1.82) is 0 Å². The monoisotopic (exact) mass is 539 g/mol. The van der Waals surface area contributed by atoms with E-state index in [9.17, 15) is 8.42 Å². The molecule has 1 heterocycles. The average molecular weight is 539 g/mol. The van der Waals surface area contributed by atoms with Gasteiger partial charge in [0.1, 0.15) is 0 Å². The molecule has 0 unspecified atom stereocenters. The van der Waals surface area contributed by atoms with E-state index in [1.165, 1.54) is 0 Å². The maximum absolute atomic E-state index is 12.2. The number of nitrogens with one attached hydrogen (secondary N) is 3. The number of rotatable bonds is 11. The van der Waals surface area contributed by atoms with Gasteiger partial charge in [0.2, 0.25) is 10.0 Å². The van der Waals surface area contributed by atoms with Crippen molar-refractivity contribution in [2.75, 3.05) is 58.2 Å². The molecule has 1 saturated heterocycles. The molecule has 0 atom stereocenters. The fraction of sp³-hybridized carbons (Fsp3) is 0.632. The maximum atomic E-state index is 12.2. The first kappa shape index (κ1) is 26.1. The van der Waals surface area contributed by atoms with Crippen LogP contribution in [0.25, 0.3) is 0 Å². The zero-order valence-electron chi connectivity index (χ0n) is 17.1. The molecule has 3 N–H and O–H groups in total. The van der Waals surface area contributed by atoms with Gasteiger partial charge >= 0.3 is 0 Å². The van der Waals surface area contributed by atoms with Gasteiger partial charge in [-0.15, -0.1) is 24.0 Å². The number of nitrogens with zero attached hydrogens (tertiary/aromatic N) is 2. The van der Waals surface area contributed by atoms with Crippen molar-refractivity contribution in [2.45, 2.75) is 19.9 Å². The molecule has 8 nitrogen and oxygen atoms in total. The van der Waals surface area contributed by atoms with Gasteiger partial charge in [-0.2, -0.15) is 0 Å². The minimum Gasteiger partial charge on any atom is -0.379 e. The lowest BCUT2D eigenvalue weighted by molar-refractivity contribution is 0.0377. The summed E-state index contributed by atoms with van der Waals surface area (Å²) in [4.78, 5) is 6.91. The molecule has 1 aromatic rings. The quantitative estimate of drug-likeness (QED) is 0.168. The largest absolute Gasteiger partial charge is 0.379 e. The molecule has 0 bridgehead atoms. The maximum Gasteiger partial charge on any atom is 0.213 e. The van der Waals surface area contributed by atoms with Crippen LogP contribution in [0.15, 0.2) is 35.3 Å². The third-order valence-electron chi connectivity index (χ3n) is 4.35. The number of hydrogen-bond acceptors (Lipinski definition) is 5. The van der Waals surface area contributed by atoms with Gasteiger partial charge in [-0.25, -0.2) is 13.1 Å². The lowest BCUT2D eigenvalue weighted by Crippen LogP contribution is -2.41. The molecule has 0 radical (unpaired) electrons. The van der Waals surface area contributed by atoms with Gasteiger partial charge in [0, 0.05) is 45.8 Å². The van der Waals surface area contributed by atoms with Crippen LogP contribution >= 0.6 is 24.0 Å². The van der Waals surface area contributed by atoms with Crippen LogP contribution in [-0.4, -0.2) is 77.5 Å². The first-order chi connectivity index (χ1) is 13.6. The Labute approximate surface area is 191 Å². The van der Waals surface area contributed by atoms with Gasteiger partial charge in [0.05, 0.1) is 19.0 Å². The highest BCUT2D eigenvalue weighted by atomic mass is 127. The van der Waals surface area contributed by atoms with Crippen LogP contribution in [0.4, 0.5) is 0 Å². The molecular weight excluding hydrogens is 505 g/mol. The average Bonchev–Trinajstić information content (AvgIpc) is 2.71. The van der Waals surface area contributed by atoms with Gasteiger partial charge in [-0.1, -0.05) is 30.3 Å². The first-order valence-corrected chi connectivity index (χ1v) is 11.6. The summed E-state index contributed by atoms with van der Waals surface area (Å²) in [6.45, 7) is 8.61. The standard InChI is InChI=1S/C19H33N5O3S.HI/c1-2-20-19(21-9-6-11-24-12-14-27-15-13-24)22-10-16-28(25,26)23-17-18-7-4-3-5-8-18;/h3-5,7-8,23H,2,6,9-17H2,1H3,(H2,20,21,22);1H. The summed E-state index contributed by atoms with van der Waals surface area (Å²) in [7, 11) is -3.34. The Morgan fingerprint density at radius 3 is 2.59 bits per heavy atom. The smallest absolute Gasteiger partial charge is 0.213 e. The molecule has 1 aliphatic heterocycles. The van der Waals surface area contributed by atoms with E-state index in [0.717, 1.165) is 51.4 Å². The lowest BCUT2D eigenvalue weighted by atomic mass is 10.2. The number of sulfonamides is 1. The third-order valence-corrected chi connectivity index (χ3v) is 5.68. The van der Waals surface area contributed by atoms with Crippen LogP contribution in [0.2, 0.25) is 0 Å². The van der Waals surface area contributed by atoms with Crippen LogP contribution < -0.4 is 15.4 Å². The Bertz CT molecular complexity index is 682. The van der Waals surface area contributed by atoms with Crippen molar-refractivity contribution in [1.82, 2.24) is 20.3 Å². The van der Waals surface area contributed by atoms with Crippen molar-refractivity contribution < 1.29 is 13.2 Å². The minimum absolute atomic E-state index is 0. The van der Waals surface area contributed by atoms with E-state index in [4.69, 9.17) is 4.74 Å². The van der Waals surface area contributed by atoms with Crippen molar-refractivity contribution in [2.24, 2.45) is 4.99 Å². The zero-order chi connectivity index (χ0) is 20.1. The van der Waals surface area contributed by atoms with Crippen molar-refractivity contribution in [3.63, 3.8) is 0 Å². The summed E-state index contributed by atoms with van der Waals surface area (Å²) in [5, 5.41) is 6.25.